The predicted molar refractivity (Wildman–Crippen MR) is 561 cm³/mol. The van der Waals surface area contributed by atoms with E-state index in [2.05, 4.69) is 241 Å². The van der Waals surface area contributed by atoms with Gasteiger partial charge in [-0.3, -0.25) is 53.8 Å². The van der Waals surface area contributed by atoms with Crippen LogP contribution in [0.4, 0.5) is 0 Å². The number of aromatic amines is 1. The summed E-state index contributed by atoms with van der Waals surface area (Å²) in [4.78, 5) is 76.3. The number of nitrogens with one attached hydrogen (secondary N) is 2. The third kappa shape index (κ3) is 25.1. The number of aromatic nitrogens is 8. The summed E-state index contributed by atoms with van der Waals surface area (Å²) < 4.78 is 5.04. The topological polar surface area (TPSA) is 278 Å². The van der Waals surface area contributed by atoms with Gasteiger partial charge >= 0.3 is 7.12 Å². The van der Waals surface area contributed by atoms with Crippen LogP contribution in [0.25, 0.3) is 33.9 Å². The number of halogens is 5. The van der Waals surface area contributed by atoms with Crippen LogP contribution in [-0.4, -0.2) is 142 Å². The Hall–Kier alpha value is -10.1. The van der Waals surface area contributed by atoms with Crippen LogP contribution in [-0.2, 0) is 49.7 Å². The molecule has 22 nitrogen and oxygen atoms in total. The maximum absolute atomic E-state index is 13.4. The molecule has 6 heterocycles. The van der Waals surface area contributed by atoms with Gasteiger partial charge in [0.25, 0.3) is 23.6 Å². The minimum Gasteiger partial charge on any atom is -0.423 e. The zero-order chi connectivity index (χ0) is 92.5. The summed E-state index contributed by atoms with van der Waals surface area (Å²) in [5.74, 6) is 5.75. The Labute approximate surface area is 837 Å². The SMILES string of the molecule is BrCc1ccc(Br)cc1.C.C.CCCCC1=NC2(CCCC2)C(=O)N1.CCCCC1=NC2(CCCC2)C(=O)N1Cc1ccc(-c2ccccc2-c2nn[nH]n2)cc1.CCCCC1=NC2(CCCC2)C(=O)N1Cc1ccc(Br)cc1.CCCCC1=NC2(CCCC2)C(=O)N1Cc1ccc(Br)cc1.Cl.OB(O)c1ccccc1-c1nnnn1C(c1ccccc1)(c1ccccc1)c1ccccc1. The van der Waals surface area contributed by atoms with Gasteiger partial charge in [0.05, 0.1) is 19.6 Å². The number of tetrazole rings is 2. The molecule has 0 saturated heterocycles. The second-order valence-corrected chi connectivity index (χ2v) is 38.6. The van der Waals surface area contributed by atoms with Crippen molar-refractivity contribution in [1.82, 2.24) is 60.8 Å². The lowest BCUT2D eigenvalue weighted by atomic mass is 9.75. The lowest BCUT2D eigenvalue weighted by Crippen LogP contribution is -2.40. The summed E-state index contributed by atoms with van der Waals surface area (Å²) >= 11 is 13.6. The van der Waals surface area contributed by atoms with Crippen molar-refractivity contribution in [1.29, 1.82) is 0 Å². The first kappa shape index (κ1) is 105. The molecular formula is C107H128BBr4ClN16O6. The summed E-state index contributed by atoms with van der Waals surface area (Å²) in [5.41, 5.74) is 9.02. The molecule has 135 heavy (non-hydrogen) atoms. The molecule has 11 aromatic rings. The van der Waals surface area contributed by atoms with Crippen molar-refractivity contribution >= 4 is 136 Å². The third-order valence-corrected chi connectivity index (χ3v) is 28.4. The second-order valence-electron chi connectivity index (χ2n) is 35.3. The molecule has 4 amide bonds. The van der Waals surface area contributed by atoms with Gasteiger partial charge < -0.3 is 15.4 Å². The maximum atomic E-state index is 13.4. The van der Waals surface area contributed by atoms with E-state index >= 15 is 0 Å². The average molecular weight is 2100 g/mol. The van der Waals surface area contributed by atoms with Crippen LogP contribution in [0.2, 0.25) is 0 Å². The van der Waals surface area contributed by atoms with Crippen molar-refractivity contribution in [2.75, 3.05) is 0 Å². The van der Waals surface area contributed by atoms with Crippen LogP contribution in [0.3, 0.4) is 0 Å². The molecule has 19 rings (SSSR count). The van der Waals surface area contributed by atoms with Crippen LogP contribution < -0.4 is 10.8 Å². The summed E-state index contributed by atoms with van der Waals surface area (Å²) in [5, 5.41) is 51.3. The number of unbranched alkanes of at least 4 members (excludes halogenated alkanes) is 4. The van der Waals surface area contributed by atoms with E-state index in [4.69, 9.17) is 15.0 Å². The zero-order valence-electron chi connectivity index (χ0n) is 76.4. The van der Waals surface area contributed by atoms with E-state index < -0.39 is 29.3 Å². The molecule has 0 bridgehead atoms. The summed E-state index contributed by atoms with van der Waals surface area (Å²) in [6, 6.07) is 78.4. The standard InChI is InChI=1S/C26H21BN4O2.C25H28N6O.2C18H23BrN2O.C11H18N2O.C7H6Br2.2CH4.ClH/c32-27(33)24-19-11-10-18-23(24)25-28-29-30-31(25)26(20-12-4-1-5-13-20,21-14-6-2-7-15-21)22-16-8-3-9-17-22;1-2-3-10-22-26-25(15-6-7-16-25)24(32)31(22)17-18-11-13-19(14-12-18)20-8-4-5-9-21(20)23-27-29-30-28-23;2*1-2-3-6-16-20-18(11-4-5-12-18)17(22)21(16)13-14-7-9-15(19)10-8-14;1-2-3-6-9-12-10(14)11(13-9)7-4-5-8-11;8-5-6-1-3-7(9)4-2-6;;;/h1-19,32-33H;4-5,8-9,11-14H,2-3,6-7,10,15-17H2,1H3,(H,27,28,29,30);2*7-10H,2-6,11-13H2,1H3;2-8H2,1H3,(H,12,13,14);1-4H,5H2;2*1H4;1H. The summed E-state index contributed by atoms with van der Waals surface area (Å²) in [6.07, 6.45) is 28.9. The van der Waals surface area contributed by atoms with Gasteiger partial charge in [0.15, 0.2) is 5.82 Å². The Morgan fingerprint density at radius 2 is 0.756 bits per heavy atom. The number of carbonyl (C=O) groups is 4. The fourth-order valence-electron chi connectivity index (χ4n) is 19.1. The van der Waals surface area contributed by atoms with E-state index in [1.165, 1.54) is 5.56 Å². The fourth-order valence-corrected chi connectivity index (χ4v) is 20.3. The van der Waals surface area contributed by atoms with Crippen LogP contribution in [0.1, 0.15) is 261 Å². The van der Waals surface area contributed by atoms with Gasteiger partial charge in [0, 0.05) is 55.6 Å². The first-order chi connectivity index (χ1) is 64.3. The van der Waals surface area contributed by atoms with Crippen LogP contribution >= 0.6 is 76.1 Å². The van der Waals surface area contributed by atoms with Crippen LogP contribution in [0.15, 0.2) is 270 Å². The number of alkyl halides is 1. The van der Waals surface area contributed by atoms with Gasteiger partial charge in [-0.1, -0.05) is 384 Å². The van der Waals surface area contributed by atoms with Gasteiger partial charge in [-0.15, -0.1) is 27.7 Å². The molecule has 710 valence electrons. The van der Waals surface area contributed by atoms with E-state index in [0.29, 0.717) is 42.3 Å². The normalized spacial score (nSPS) is 16.5. The van der Waals surface area contributed by atoms with Crippen molar-refractivity contribution in [2.24, 2.45) is 20.0 Å². The van der Waals surface area contributed by atoms with Crippen LogP contribution in [0.5, 0.6) is 0 Å². The third-order valence-electron chi connectivity index (χ3n) is 26.2. The first-order valence-corrected chi connectivity index (χ1v) is 50.6. The number of amidine groups is 4. The molecule has 9 aromatic carbocycles. The number of nitrogens with zero attached hydrogens (tertiary/aromatic N) is 14. The van der Waals surface area contributed by atoms with Gasteiger partial charge in [0.2, 0.25) is 5.82 Å². The maximum Gasteiger partial charge on any atom is 0.489 e. The molecule has 4 fully saturated rings. The van der Waals surface area contributed by atoms with Gasteiger partial charge in [-0.25, -0.2) is 4.68 Å². The first-order valence-electron chi connectivity index (χ1n) is 47.1. The molecule has 0 radical (unpaired) electrons. The zero-order valence-corrected chi connectivity index (χ0v) is 83.6. The number of H-pyrrole nitrogens is 1. The fraction of sp³-hybridized carbons (Fsp3) is 0.402. The highest BCUT2D eigenvalue weighted by molar-refractivity contribution is 9.11. The molecule has 4 spiro atoms. The van der Waals surface area contributed by atoms with E-state index in [1.807, 2.05) is 130 Å². The minimum atomic E-state index is -1.66. The van der Waals surface area contributed by atoms with Crippen molar-refractivity contribution in [3.8, 4) is 33.9 Å². The second kappa shape index (κ2) is 50.3. The number of rotatable bonds is 27. The van der Waals surface area contributed by atoms with Gasteiger partial charge in [0.1, 0.15) is 51.0 Å². The Bertz CT molecular complexity index is 5550. The average Bonchev–Trinajstić information content (AvgIpc) is 1.71. The molecule has 4 aliphatic heterocycles. The monoisotopic (exact) mass is 2090 g/mol. The number of carbonyl (C=O) groups excluding carboxylic acids is 4. The Morgan fingerprint density at radius 1 is 0.407 bits per heavy atom. The smallest absolute Gasteiger partial charge is 0.423 e. The highest BCUT2D eigenvalue weighted by Crippen LogP contribution is 2.46. The van der Waals surface area contributed by atoms with E-state index in [1.54, 1.807) is 22.9 Å². The van der Waals surface area contributed by atoms with E-state index in [9.17, 15) is 29.2 Å². The molecule has 0 unspecified atom stereocenters. The van der Waals surface area contributed by atoms with Crippen molar-refractivity contribution < 1.29 is 29.2 Å². The molecule has 4 saturated carbocycles. The highest BCUT2D eigenvalue weighted by atomic mass is 79.9. The van der Waals surface area contributed by atoms with Crippen molar-refractivity contribution in [3.05, 3.63) is 289 Å². The Balaban J connectivity index is 0.000000161. The van der Waals surface area contributed by atoms with E-state index in [0.717, 1.165) is 272 Å². The lowest BCUT2D eigenvalue weighted by Gasteiger charge is -2.36. The molecular weight excluding hydrogens is 1970 g/mol. The minimum absolute atomic E-state index is 0. The largest absolute Gasteiger partial charge is 0.489 e. The van der Waals surface area contributed by atoms with Crippen molar-refractivity contribution in [2.45, 2.75) is 275 Å². The summed E-state index contributed by atoms with van der Waals surface area (Å²) in [6.45, 7) is 10.6. The number of benzene rings is 9. The van der Waals surface area contributed by atoms with Gasteiger partial charge in [-0.05, 0) is 185 Å². The number of hydrogen-bond acceptors (Lipinski definition) is 16. The predicted octanol–water partition coefficient (Wildman–Crippen LogP) is 24.1. The Kier molecular flexibility index (Phi) is 39.2. The molecule has 28 heteroatoms. The Morgan fingerprint density at radius 3 is 1.13 bits per heavy atom. The van der Waals surface area contributed by atoms with Crippen LogP contribution in [0, 0.1) is 0 Å². The van der Waals surface area contributed by atoms with Crippen molar-refractivity contribution in [3.63, 3.8) is 0 Å². The molecule has 2 aromatic heterocycles. The number of hydrogen-bond donors (Lipinski definition) is 4. The highest BCUT2D eigenvalue weighted by Gasteiger charge is 2.53. The summed E-state index contributed by atoms with van der Waals surface area (Å²) in [7, 11) is -1.66. The van der Waals surface area contributed by atoms with Gasteiger partial charge in [-0.2, -0.15) is 5.21 Å². The molecule has 4 N–H and O–H groups in total. The quantitative estimate of drug-likeness (QED) is 0.0212. The number of aliphatic imine (C=N–C) groups is 4. The molecule has 8 aliphatic rings. The molecule has 0 atom stereocenters. The molecule has 4 aliphatic carbocycles. The lowest BCUT2D eigenvalue weighted by molar-refractivity contribution is -0.132. The van der Waals surface area contributed by atoms with E-state index in [-0.39, 0.29) is 56.4 Å². The number of amides is 4.